The first-order valence-electron chi connectivity index (χ1n) is 8.45. The Morgan fingerprint density at radius 1 is 1.24 bits per heavy atom. The van der Waals surface area contributed by atoms with E-state index in [9.17, 15) is 9.59 Å². The third-order valence-corrected chi connectivity index (χ3v) is 3.86. The monoisotopic (exact) mass is 342 g/mol. The van der Waals surface area contributed by atoms with Crippen molar-refractivity contribution in [3.8, 4) is 0 Å². The van der Waals surface area contributed by atoms with Crippen molar-refractivity contribution >= 4 is 17.5 Å². The van der Waals surface area contributed by atoms with Gasteiger partial charge in [-0.25, -0.2) is 0 Å². The van der Waals surface area contributed by atoms with E-state index in [4.69, 9.17) is 0 Å². The Morgan fingerprint density at radius 3 is 2.52 bits per heavy atom. The fourth-order valence-corrected chi connectivity index (χ4v) is 2.60. The lowest BCUT2D eigenvalue weighted by Crippen LogP contribution is -2.40. The minimum Gasteiger partial charge on any atom is -0.347 e. The standard InChI is InChI=1S/C19H26N4O2/c1-6-16(23-12-8-11-20-23)18(25)21-15-10-7-9-14(13(15)2)17(24)22-19(3,4)5/h7-12,16H,6H2,1-5H3,(H,21,25)(H,22,24). The maximum absolute atomic E-state index is 12.6. The number of rotatable bonds is 5. The van der Waals surface area contributed by atoms with Crippen LogP contribution in [0.2, 0.25) is 0 Å². The number of nitrogens with zero attached hydrogens (tertiary/aromatic N) is 2. The van der Waals surface area contributed by atoms with E-state index in [0.29, 0.717) is 17.7 Å². The summed E-state index contributed by atoms with van der Waals surface area (Å²) >= 11 is 0. The van der Waals surface area contributed by atoms with Gasteiger partial charge >= 0.3 is 0 Å². The molecule has 6 heteroatoms. The summed E-state index contributed by atoms with van der Waals surface area (Å²) < 4.78 is 1.64. The summed E-state index contributed by atoms with van der Waals surface area (Å²) in [7, 11) is 0. The third kappa shape index (κ3) is 4.68. The van der Waals surface area contributed by atoms with E-state index in [2.05, 4.69) is 15.7 Å². The molecule has 2 rings (SSSR count). The first-order chi connectivity index (χ1) is 11.7. The number of amides is 2. The molecule has 0 aliphatic rings. The molecule has 0 spiro atoms. The van der Waals surface area contributed by atoms with Crippen molar-refractivity contribution in [1.82, 2.24) is 15.1 Å². The minimum atomic E-state index is -0.388. The molecule has 0 radical (unpaired) electrons. The molecule has 1 unspecified atom stereocenters. The molecule has 6 nitrogen and oxygen atoms in total. The summed E-state index contributed by atoms with van der Waals surface area (Å²) in [5.74, 6) is -0.303. The molecular weight excluding hydrogens is 316 g/mol. The summed E-state index contributed by atoms with van der Waals surface area (Å²) in [6, 6.07) is 6.74. The van der Waals surface area contributed by atoms with E-state index in [1.54, 1.807) is 41.3 Å². The number of nitrogens with one attached hydrogen (secondary N) is 2. The predicted molar refractivity (Wildman–Crippen MR) is 98.6 cm³/mol. The van der Waals surface area contributed by atoms with Crippen LogP contribution in [-0.4, -0.2) is 27.1 Å². The highest BCUT2D eigenvalue weighted by molar-refractivity contribution is 6.00. The molecule has 1 atom stereocenters. The van der Waals surface area contributed by atoms with Gasteiger partial charge in [-0.05, 0) is 57.9 Å². The van der Waals surface area contributed by atoms with E-state index in [1.807, 2.05) is 34.6 Å². The van der Waals surface area contributed by atoms with Crippen LogP contribution in [0.1, 0.15) is 56.1 Å². The van der Waals surface area contributed by atoms with Crippen LogP contribution in [-0.2, 0) is 4.79 Å². The lowest BCUT2D eigenvalue weighted by atomic mass is 10.0. The molecule has 1 aromatic heterocycles. The average Bonchev–Trinajstić information content (AvgIpc) is 3.02. The van der Waals surface area contributed by atoms with Gasteiger partial charge in [0.05, 0.1) is 0 Å². The molecule has 134 valence electrons. The Balaban J connectivity index is 2.21. The van der Waals surface area contributed by atoms with Crippen LogP contribution < -0.4 is 10.6 Å². The maximum atomic E-state index is 12.6. The van der Waals surface area contributed by atoms with Gasteiger partial charge in [0.1, 0.15) is 6.04 Å². The van der Waals surface area contributed by atoms with Gasteiger partial charge in [0.25, 0.3) is 5.91 Å². The number of carbonyl (C=O) groups is 2. The van der Waals surface area contributed by atoms with Gasteiger partial charge in [0, 0.05) is 29.2 Å². The summed E-state index contributed by atoms with van der Waals surface area (Å²) in [6.07, 6.45) is 4.04. The van der Waals surface area contributed by atoms with Gasteiger partial charge in [-0.1, -0.05) is 13.0 Å². The Kier molecular flexibility index (Phi) is 5.62. The van der Waals surface area contributed by atoms with E-state index in [1.165, 1.54) is 0 Å². The third-order valence-electron chi connectivity index (χ3n) is 3.86. The van der Waals surface area contributed by atoms with Crippen LogP contribution in [0, 0.1) is 6.92 Å². The zero-order valence-electron chi connectivity index (χ0n) is 15.5. The van der Waals surface area contributed by atoms with E-state index in [-0.39, 0.29) is 23.4 Å². The van der Waals surface area contributed by atoms with Crippen molar-refractivity contribution in [2.45, 2.75) is 52.6 Å². The predicted octanol–water partition coefficient (Wildman–Crippen LogP) is 3.31. The second-order valence-electron chi connectivity index (χ2n) is 7.08. The van der Waals surface area contributed by atoms with Gasteiger partial charge in [-0.2, -0.15) is 5.10 Å². The molecule has 25 heavy (non-hydrogen) atoms. The van der Waals surface area contributed by atoms with Gasteiger partial charge in [0.15, 0.2) is 0 Å². The molecule has 0 bridgehead atoms. The molecule has 0 aliphatic carbocycles. The summed E-state index contributed by atoms with van der Waals surface area (Å²) in [5, 5.41) is 10.0. The Morgan fingerprint density at radius 2 is 1.96 bits per heavy atom. The molecule has 0 saturated heterocycles. The molecule has 0 aliphatic heterocycles. The van der Waals surface area contributed by atoms with Crippen molar-refractivity contribution in [2.24, 2.45) is 0 Å². The van der Waals surface area contributed by atoms with E-state index < -0.39 is 0 Å². The van der Waals surface area contributed by atoms with Crippen LogP contribution in [0.15, 0.2) is 36.7 Å². The normalized spacial score (nSPS) is 12.5. The van der Waals surface area contributed by atoms with Crippen molar-refractivity contribution < 1.29 is 9.59 Å². The second kappa shape index (κ2) is 7.51. The van der Waals surface area contributed by atoms with Gasteiger partial charge in [-0.15, -0.1) is 0 Å². The molecule has 1 aromatic carbocycles. The number of carbonyl (C=O) groups excluding carboxylic acids is 2. The Bertz CT molecular complexity index is 745. The van der Waals surface area contributed by atoms with Gasteiger partial charge in [0.2, 0.25) is 5.91 Å². The van der Waals surface area contributed by atoms with Crippen molar-refractivity contribution in [2.75, 3.05) is 5.32 Å². The highest BCUT2D eigenvalue weighted by Gasteiger charge is 2.21. The topological polar surface area (TPSA) is 76.0 Å². The van der Waals surface area contributed by atoms with Crippen LogP contribution in [0.5, 0.6) is 0 Å². The number of hydrogen-bond donors (Lipinski definition) is 2. The highest BCUT2D eigenvalue weighted by Crippen LogP contribution is 2.22. The van der Waals surface area contributed by atoms with Gasteiger partial charge in [-0.3, -0.25) is 14.3 Å². The van der Waals surface area contributed by atoms with Crippen LogP contribution in [0.25, 0.3) is 0 Å². The molecule has 0 fully saturated rings. The molecular formula is C19H26N4O2. The first kappa shape index (κ1) is 18.7. The maximum Gasteiger partial charge on any atom is 0.252 e. The second-order valence-corrected chi connectivity index (χ2v) is 7.08. The van der Waals surface area contributed by atoms with Crippen molar-refractivity contribution in [3.05, 3.63) is 47.8 Å². The van der Waals surface area contributed by atoms with Crippen LogP contribution in [0.3, 0.4) is 0 Å². The molecule has 1 heterocycles. The molecule has 0 saturated carbocycles. The average molecular weight is 342 g/mol. The zero-order chi connectivity index (χ0) is 18.6. The number of anilines is 1. The fraction of sp³-hybridized carbons (Fsp3) is 0.421. The summed E-state index contributed by atoms with van der Waals surface area (Å²) in [5.41, 5.74) is 1.61. The molecule has 2 aromatic rings. The smallest absolute Gasteiger partial charge is 0.252 e. The zero-order valence-corrected chi connectivity index (χ0v) is 15.5. The summed E-state index contributed by atoms with van der Waals surface area (Å²) in [6.45, 7) is 9.57. The van der Waals surface area contributed by atoms with Crippen molar-refractivity contribution in [1.29, 1.82) is 0 Å². The van der Waals surface area contributed by atoms with Gasteiger partial charge < -0.3 is 10.6 Å². The molecule has 2 amide bonds. The molecule has 2 N–H and O–H groups in total. The van der Waals surface area contributed by atoms with Crippen molar-refractivity contribution in [3.63, 3.8) is 0 Å². The number of benzene rings is 1. The van der Waals surface area contributed by atoms with E-state index in [0.717, 1.165) is 5.56 Å². The Hall–Kier alpha value is -2.63. The minimum absolute atomic E-state index is 0.150. The lowest BCUT2D eigenvalue weighted by Gasteiger charge is -2.22. The first-order valence-corrected chi connectivity index (χ1v) is 8.45. The SMILES string of the molecule is CCC(C(=O)Nc1cccc(C(=O)NC(C)(C)C)c1C)n1cccn1. The number of aromatic nitrogens is 2. The Labute approximate surface area is 148 Å². The number of hydrogen-bond acceptors (Lipinski definition) is 3. The highest BCUT2D eigenvalue weighted by atomic mass is 16.2. The van der Waals surface area contributed by atoms with E-state index >= 15 is 0 Å². The largest absolute Gasteiger partial charge is 0.347 e. The summed E-state index contributed by atoms with van der Waals surface area (Å²) in [4.78, 5) is 25.1. The fourth-order valence-electron chi connectivity index (χ4n) is 2.60. The lowest BCUT2D eigenvalue weighted by molar-refractivity contribution is -0.119. The van der Waals surface area contributed by atoms with Crippen LogP contribution in [0.4, 0.5) is 5.69 Å². The quantitative estimate of drug-likeness (QED) is 0.875. The van der Waals surface area contributed by atoms with Crippen LogP contribution >= 0.6 is 0 Å².